The lowest BCUT2D eigenvalue weighted by Gasteiger charge is -2.06. The van der Waals surface area contributed by atoms with Gasteiger partial charge in [0.25, 0.3) is 0 Å². The molecular weight excluding hydrogens is 275 g/mol. The van der Waals surface area contributed by atoms with E-state index in [-0.39, 0.29) is 11.7 Å². The van der Waals surface area contributed by atoms with Crippen molar-refractivity contribution in [3.8, 4) is 0 Å². The maximum atomic E-state index is 11.7. The summed E-state index contributed by atoms with van der Waals surface area (Å²) in [5.41, 5.74) is 1.95. The van der Waals surface area contributed by atoms with Gasteiger partial charge in [-0.2, -0.15) is 0 Å². The summed E-state index contributed by atoms with van der Waals surface area (Å²) in [5, 5.41) is 0.819. The third-order valence-corrected chi connectivity index (χ3v) is 3.40. The van der Waals surface area contributed by atoms with Gasteiger partial charge in [0, 0.05) is 23.2 Å². The van der Waals surface area contributed by atoms with E-state index in [2.05, 4.69) is 15.9 Å². The van der Waals surface area contributed by atoms with Crippen molar-refractivity contribution in [1.29, 1.82) is 0 Å². The standard InChI is InChI=1S/C12H14BrClO/c1-9(8-14)6-12(15)11-4-2-10(7-13)3-5-11/h2-5,9H,6-8H2,1H3. The molecule has 0 heterocycles. The fraction of sp³-hybridized carbons (Fsp3) is 0.417. The molecule has 1 rings (SSSR count). The number of hydrogen-bond donors (Lipinski definition) is 0. The fourth-order valence-corrected chi connectivity index (χ4v) is 1.75. The van der Waals surface area contributed by atoms with Crippen molar-refractivity contribution in [2.75, 3.05) is 5.88 Å². The van der Waals surface area contributed by atoms with Crippen LogP contribution in [0.3, 0.4) is 0 Å². The van der Waals surface area contributed by atoms with Crippen molar-refractivity contribution in [2.24, 2.45) is 5.92 Å². The van der Waals surface area contributed by atoms with Crippen LogP contribution >= 0.6 is 27.5 Å². The number of hydrogen-bond acceptors (Lipinski definition) is 1. The summed E-state index contributed by atoms with van der Waals surface area (Å²) in [4.78, 5) is 11.7. The van der Waals surface area contributed by atoms with Crippen LogP contribution in [-0.2, 0) is 5.33 Å². The summed E-state index contributed by atoms with van der Waals surface area (Å²) in [7, 11) is 0. The van der Waals surface area contributed by atoms with E-state index >= 15 is 0 Å². The van der Waals surface area contributed by atoms with E-state index in [0.717, 1.165) is 10.9 Å². The smallest absolute Gasteiger partial charge is 0.163 e. The van der Waals surface area contributed by atoms with Gasteiger partial charge in [0.2, 0.25) is 0 Å². The van der Waals surface area contributed by atoms with Crippen molar-refractivity contribution in [3.05, 3.63) is 35.4 Å². The van der Waals surface area contributed by atoms with Crippen molar-refractivity contribution >= 4 is 33.3 Å². The second-order valence-electron chi connectivity index (χ2n) is 3.72. The van der Waals surface area contributed by atoms with Gasteiger partial charge in [-0.3, -0.25) is 4.79 Å². The second kappa shape index (κ2) is 6.29. The van der Waals surface area contributed by atoms with Crippen LogP contribution in [0.5, 0.6) is 0 Å². The summed E-state index contributed by atoms with van der Waals surface area (Å²) < 4.78 is 0. The van der Waals surface area contributed by atoms with E-state index in [0.29, 0.717) is 12.3 Å². The third kappa shape index (κ3) is 3.96. The molecule has 0 aliphatic carbocycles. The van der Waals surface area contributed by atoms with Gasteiger partial charge in [0.05, 0.1) is 0 Å². The number of carbonyl (C=O) groups excluding carboxylic acids is 1. The van der Waals surface area contributed by atoms with Gasteiger partial charge < -0.3 is 0 Å². The van der Waals surface area contributed by atoms with Crippen molar-refractivity contribution in [2.45, 2.75) is 18.7 Å². The molecule has 0 amide bonds. The fourth-order valence-electron chi connectivity index (χ4n) is 1.27. The molecule has 0 saturated carbocycles. The zero-order chi connectivity index (χ0) is 11.3. The first-order valence-electron chi connectivity index (χ1n) is 4.91. The molecule has 0 spiro atoms. The van der Waals surface area contributed by atoms with Gasteiger partial charge in [0.15, 0.2) is 5.78 Å². The average molecular weight is 290 g/mol. The number of ketones is 1. The Morgan fingerprint density at radius 1 is 1.40 bits per heavy atom. The molecule has 0 N–H and O–H groups in total. The van der Waals surface area contributed by atoms with Gasteiger partial charge in [-0.1, -0.05) is 47.1 Å². The van der Waals surface area contributed by atoms with Crippen LogP contribution in [0.25, 0.3) is 0 Å². The SMILES string of the molecule is CC(CCl)CC(=O)c1ccc(CBr)cc1. The zero-order valence-corrected chi connectivity index (χ0v) is 11.0. The Morgan fingerprint density at radius 3 is 2.47 bits per heavy atom. The molecule has 1 aromatic rings. The second-order valence-corrected chi connectivity index (χ2v) is 4.59. The van der Waals surface area contributed by atoms with E-state index in [4.69, 9.17) is 11.6 Å². The molecule has 1 aromatic carbocycles. The van der Waals surface area contributed by atoms with E-state index < -0.39 is 0 Å². The zero-order valence-electron chi connectivity index (χ0n) is 8.67. The summed E-state index contributed by atoms with van der Waals surface area (Å²) in [5.74, 6) is 0.949. The molecule has 1 atom stereocenters. The molecule has 15 heavy (non-hydrogen) atoms. The maximum absolute atomic E-state index is 11.7. The van der Waals surface area contributed by atoms with Crippen LogP contribution in [0.15, 0.2) is 24.3 Å². The molecule has 1 nitrogen and oxygen atoms in total. The highest BCUT2D eigenvalue weighted by Gasteiger charge is 2.10. The average Bonchev–Trinajstić information content (AvgIpc) is 2.29. The van der Waals surface area contributed by atoms with E-state index in [1.165, 1.54) is 5.56 Å². The van der Waals surface area contributed by atoms with E-state index in [1.807, 2.05) is 31.2 Å². The van der Waals surface area contributed by atoms with Gasteiger partial charge in [-0.15, -0.1) is 11.6 Å². The first-order valence-corrected chi connectivity index (χ1v) is 6.57. The highest BCUT2D eigenvalue weighted by Crippen LogP contribution is 2.13. The molecular formula is C12H14BrClO. The molecule has 0 aromatic heterocycles. The first-order chi connectivity index (χ1) is 7.17. The molecule has 0 fully saturated rings. The van der Waals surface area contributed by atoms with E-state index in [9.17, 15) is 4.79 Å². The number of carbonyl (C=O) groups is 1. The monoisotopic (exact) mass is 288 g/mol. The van der Waals surface area contributed by atoms with Gasteiger partial charge in [-0.25, -0.2) is 0 Å². The van der Waals surface area contributed by atoms with Crippen LogP contribution in [-0.4, -0.2) is 11.7 Å². The predicted octanol–water partition coefficient (Wildman–Crippen LogP) is 4.03. The summed E-state index contributed by atoms with van der Waals surface area (Å²) >= 11 is 9.04. The minimum Gasteiger partial charge on any atom is -0.294 e. The predicted molar refractivity (Wildman–Crippen MR) is 67.9 cm³/mol. The Bertz CT molecular complexity index is 321. The van der Waals surface area contributed by atoms with Gasteiger partial charge >= 0.3 is 0 Å². The number of benzene rings is 1. The molecule has 1 unspecified atom stereocenters. The van der Waals surface area contributed by atoms with Crippen molar-refractivity contribution < 1.29 is 4.79 Å². The van der Waals surface area contributed by atoms with Crippen LogP contribution in [0.1, 0.15) is 29.3 Å². The molecule has 3 heteroatoms. The third-order valence-electron chi connectivity index (χ3n) is 2.23. The molecule has 0 saturated heterocycles. The summed E-state index contributed by atoms with van der Waals surface area (Å²) in [6.07, 6.45) is 0.525. The Morgan fingerprint density at radius 2 is 2.00 bits per heavy atom. The largest absolute Gasteiger partial charge is 0.294 e. The van der Waals surface area contributed by atoms with E-state index in [1.54, 1.807) is 0 Å². The molecule has 0 bridgehead atoms. The lowest BCUT2D eigenvalue weighted by Crippen LogP contribution is -2.07. The van der Waals surface area contributed by atoms with Crippen LogP contribution in [0.2, 0.25) is 0 Å². The van der Waals surface area contributed by atoms with Crippen LogP contribution in [0, 0.1) is 5.92 Å². The lowest BCUT2D eigenvalue weighted by molar-refractivity contribution is 0.0968. The number of alkyl halides is 2. The number of Topliss-reactive ketones (excluding diaryl/α,β-unsaturated/α-hetero) is 1. The molecule has 0 aliphatic rings. The van der Waals surface area contributed by atoms with Gasteiger partial charge in [-0.05, 0) is 11.5 Å². The molecule has 0 radical (unpaired) electrons. The summed E-state index contributed by atoms with van der Waals surface area (Å²) in [6, 6.07) is 7.68. The van der Waals surface area contributed by atoms with Crippen molar-refractivity contribution in [3.63, 3.8) is 0 Å². The Balaban J connectivity index is 2.66. The minimum absolute atomic E-state index is 0.171. The number of rotatable bonds is 5. The highest BCUT2D eigenvalue weighted by molar-refractivity contribution is 9.08. The number of halogens is 2. The first kappa shape index (κ1) is 12.7. The van der Waals surface area contributed by atoms with Crippen LogP contribution in [0.4, 0.5) is 0 Å². The maximum Gasteiger partial charge on any atom is 0.163 e. The topological polar surface area (TPSA) is 17.1 Å². The Hall–Kier alpha value is -0.340. The summed E-state index contributed by atoms with van der Waals surface area (Å²) in [6.45, 7) is 1.98. The molecule has 0 aliphatic heterocycles. The van der Waals surface area contributed by atoms with Gasteiger partial charge in [0.1, 0.15) is 0 Å². The Kier molecular flexibility index (Phi) is 5.34. The molecule has 82 valence electrons. The normalized spacial score (nSPS) is 12.5. The van der Waals surface area contributed by atoms with Crippen LogP contribution < -0.4 is 0 Å². The quantitative estimate of drug-likeness (QED) is 0.591. The Labute approximate surface area is 104 Å². The minimum atomic E-state index is 0.171. The van der Waals surface area contributed by atoms with Crippen molar-refractivity contribution in [1.82, 2.24) is 0 Å². The lowest BCUT2D eigenvalue weighted by atomic mass is 10.0. The highest BCUT2D eigenvalue weighted by atomic mass is 79.9.